The first-order chi connectivity index (χ1) is 9.74. The third-order valence-electron chi connectivity index (χ3n) is 2.87. The molecule has 20 heavy (non-hydrogen) atoms. The van der Waals surface area contributed by atoms with Gasteiger partial charge in [0.05, 0.1) is 24.6 Å². The maximum atomic E-state index is 5.61. The van der Waals surface area contributed by atoms with Gasteiger partial charge in [0.25, 0.3) is 0 Å². The number of para-hydroxylation sites is 2. The number of nitrogens with zero attached hydrogens (tertiary/aromatic N) is 2. The zero-order valence-electron chi connectivity index (χ0n) is 12.2. The number of aromatic nitrogens is 2. The van der Waals surface area contributed by atoms with Crippen molar-refractivity contribution < 1.29 is 9.47 Å². The van der Waals surface area contributed by atoms with Gasteiger partial charge in [0.15, 0.2) is 0 Å². The van der Waals surface area contributed by atoms with E-state index < -0.39 is 0 Å². The molecule has 0 aliphatic carbocycles. The molecule has 108 valence electrons. The summed E-state index contributed by atoms with van der Waals surface area (Å²) in [6.07, 6.45) is 2.00. The van der Waals surface area contributed by atoms with E-state index in [1.807, 2.05) is 48.9 Å². The number of aryl methyl sites for hydroxylation is 1. The van der Waals surface area contributed by atoms with E-state index in [9.17, 15) is 0 Å². The summed E-state index contributed by atoms with van der Waals surface area (Å²) in [5.74, 6) is 1.63. The molecule has 0 saturated heterocycles. The Balaban J connectivity index is 2.21. The highest BCUT2D eigenvalue weighted by Crippen LogP contribution is 2.27. The van der Waals surface area contributed by atoms with E-state index in [-0.39, 0.29) is 0 Å². The van der Waals surface area contributed by atoms with E-state index in [1.165, 1.54) is 0 Å². The van der Waals surface area contributed by atoms with Crippen molar-refractivity contribution in [2.45, 2.75) is 20.4 Å². The fourth-order valence-corrected chi connectivity index (χ4v) is 1.98. The predicted molar refractivity (Wildman–Crippen MR) is 79.7 cm³/mol. The van der Waals surface area contributed by atoms with Crippen LogP contribution in [0.4, 0.5) is 11.6 Å². The number of hydrogen-bond donors (Lipinski definition) is 1. The van der Waals surface area contributed by atoms with Crippen LogP contribution in [0.1, 0.15) is 12.6 Å². The second-order valence-corrected chi connectivity index (χ2v) is 4.45. The van der Waals surface area contributed by atoms with Gasteiger partial charge < -0.3 is 19.4 Å². The lowest BCUT2D eigenvalue weighted by atomic mass is 10.3. The van der Waals surface area contributed by atoms with Gasteiger partial charge in [-0.3, -0.25) is 0 Å². The molecule has 1 heterocycles. The first-order valence-corrected chi connectivity index (χ1v) is 6.76. The molecule has 1 N–H and O–H groups in total. The first-order valence-electron chi connectivity index (χ1n) is 6.76. The Hall–Kier alpha value is -2.01. The summed E-state index contributed by atoms with van der Waals surface area (Å²) in [5, 5.41) is 3.33. The minimum atomic E-state index is 0.635. The van der Waals surface area contributed by atoms with Crippen molar-refractivity contribution in [1.82, 2.24) is 9.55 Å². The standard InChI is InChI=1S/C15H21N3O2/c1-4-20-14-8-6-5-7-13(14)17-15-16-12(2)11-18(15)9-10-19-3/h5-8,11H,4,9-10H2,1-3H3,(H,16,17). The Kier molecular flexibility index (Phi) is 5.01. The summed E-state index contributed by atoms with van der Waals surface area (Å²) in [6, 6.07) is 7.86. The number of ether oxygens (including phenoxy) is 2. The van der Waals surface area contributed by atoms with Gasteiger partial charge in [-0.05, 0) is 26.0 Å². The largest absolute Gasteiger partial charge is 0.492 e. The molecule has 0 aliphatic heterocycles. The molecule has 1 aromatic heterocycles. The van der Waals surface area contributed by atoms with Crippen LogP contribution in [0.3, 0.4) is 0 Å². The molecule has 5 heteroatoms. The zero-order valence-corrected chi connectivity index (χ0v) is 12.2. The van der Waals surface area contributed by atoms with Crippen LogP contribution in [-0.4, -0.2) is 29.9 Å². The second-order valence-electron chi connectivity index (χ2n) is 4.45. The molecule has 0 fully saturated rings. The van der Waals surface area contributed by atoms with Crippen LogP contribution in [0.2, 0.25) is 0 Å². The zero-order chi connectivity index (χ0) is 14.4. The summed E-state index contributed by atoms with van der Waals surface area (Å²) in [6.45, 7) is 5.99. The monoisotopic (exact) mass is 275 g/mol. The smallest absolute Gasteiger partial charge is 0.207 e. The Labute approximate surface area is 119 Å². The van der Waals surface area contributed by atoms with E-state index in [2.05, 4.69) is 10.3 Å². The molecular formula is C15H21N3O2. The third kappa shape index (κ3) is 3.51. The highest BCUT2D eigenvalue weighted by molar-refractivity contribution is 5.62. The molecule has 0 bridgehead atoms. The Morgan fingerprint density at radius 3 is 2.85 bits per heavy atom. The van der Waals surface area contributed by atoms with Crippen LogP contribution in [0.25, 0.3) is 0 Å². The number of benzene rings is 1. The molecule has 5 nitrogen and oxygen atoms in total. The van der Waals surface area contributed by atoms with Crippen molar-refractivity contribution in [3.05, 3.63) is 36.2 Å². The quantitative estimate of drug-likeness (QED) is 0.844. The van der Waals surface area contributed by atoms with Crippen molar-refractivity contribution in [1.29, 1.82) is 0 Å². The highest BCUT2D eigenvalue weighted by Gasteiger charge is 2.08. The molecule has 0 amide bonds. The van der Waals surface area contributed by atoms with E-state index in [1.54, 1.807) is 7.11 Å². The summed E-state index contributed by atoms with van der Waals surface area (Å²) >= 11 is 0. The molecule has 0 atom stereocenters. The average molecular weight is 275 g/mol. The number of anilines is 2. The average Bonchev–Trinajstić information content (AvgIpc) is 2.79. The second kappa shape index (κ2) is 6.96. The Morgan fingerprint density at radius 1 is 1.30 bits per heavy atom. The Morgan fingerprint density at radius 2 is 2.10 bits per heavy atom. The molecule has 1 aromatic carbocycles. The number of imidazole rings is 1. The Bertz CT molecular complexity index is 552. The van der Waals surface area contributed by atoms with Gasteiger partial charge in [-0.1, -0.05) is 12.1 Å². The summed E-state index contributed by atoms with van der Waals surface area (Å²) in [4.78, 5) is 4.50. The van der Waals surface area contributed by atoms with Crippen LogP contribution < -0.4 is 10.1 Å². The summed E-state index contributed by atoms with van der Waals surface area (Å²) in [5.41, 5.74) is 1.89. The van der Waals surface area contributed by atoms with E-state index in [0.717, 1.165) is 29.6 Å². The number of nitrogens with one attached hydrogen (secondary N) is 1. The minimum Gasteiger partial charge on any atom is -0.492 e. The van der Waals surface area contributed by atoms with Gasteiger partial charge in [-0.2, -0.15) is 0 Å². The fourth-order valence-electron chi connectivity index (χ4n) is 1.98. The maximum absolute atomic E-state index is 5.61. The van der Waals surface area contributed by atoms with Crippen molar-refractivity contribution in [3.63, 3.8) is 0 Å². The summed E-state index contributed by atoms with van der Waals surface area (Å²) in [7, 11) is 1.70. The lowest BCUT2D eigenvalue weighted by Crippen LogP contribution is -2.08. The van der Waals surface area contributed by atoms with Gasteiger partial charge in [0.1, 0.15) is 5.75 Å². The van der Waals surface area contributed by atoms with E-state index in [4.69, 9.17) is 9.47 Å². The summed E-state index contributed by atoms with van der Waals surface area (Å²) < 4.78 is 12.8. The molecule has 2 aromatic rings. The number of rotatable bonds is 7. The SMILES string of the molecule is CCOc1ccccc1Nc1nc(C)cn1CCOC. The van der Waals surface area contributed by atoms with Gasteiger partial charge in [-0.15, -0.1) is 0 Å². The molecule has 0 aliphatic rings. The van der Waals surface area contributed by atoms with Crippen molar-refractivity contribution in [2.75, 3.05) is 25.6 Å². The first kappa shape index (κ1) is 14.4. The fraction of sp³-hybridized carbons (Fsp3) is 0.400. The molecule has 0 radical (unpaired) electrons. The van der Waals surface area contributed by atoms with Gasteiger partial charge in [0, 0.05) is 19.9 Å². The molecule has 0 spiro atoms. The third-order valence-corrected chi connectivity index (χ3v) is 2.87. The number of methoxy groups -OCH3 is 1. The topological polar surface area (TPSA) is 48.3 Å². The van der Waals surface area contributed by atoms with Crippen LogP contribution in [0, 0.1) is 6.92 Å². The molecule has 2 rings (SSSR count). The van der Waals surface area contributed by atoms with Crippen LogP contribution in [-0.2, 0) is 11.3 Å². The highest BCUT2D eigenvalue weighted by atomic mass is 16.5. The van der Waals surface area contributed by atoms with E-state index >= 15 is 0 Å². The van der Waals surface area contributed by atoms with E-state index in [0.29, 0.717) is 13.2 Å². The minimum absolute atomic E-state index is 0.635. The molecule has 0 saturated carbocycles. The van der Waals surface area contributed by atoms with Crippen molar-refractivity contribution in [2.24, 2.45) is 0 Å². The molecular weight excluding hydrogens is 254 g/mol. The maximum Gasteiger partial charge on any atom is 0.207 e. The van der Waals surface area contributed by atoms with Crippen LogP contribution in [0.5, 0.6) is 5.75 Å². The molecule has 0 unspecified atom stereocenters. The van der Waals surface area contributed by atoms with Crippen molar-refractivity contribution >= 4 is 11.6 Å². The van der Waals surface area contributed by atoms with Crippen LogP contribution >= 0.6 is 0 Å². The van der Waals surface area contributed by atoms with Gasteiger partial charge in [0.2, 0.25) is 5.95 Å². The predicted octanol–water partition coefficient (Wildman–Crippen LogP) is 2.98. The lowest BCUT2D eigenvalue weighted by Gasteiger charge is -2.13. The van der Waals surface area contributed by atoms with Crippen LogP contribution in [0.15, 0.2) is 30.5 Å². The van der Waals surface area contributed by atoms with Gasteiger partial charge in [-0.25, -0.2) is 4.98 Å². The van der Waals surface area contributed by atoms with Gasteiger partial charge >= 0.3 is 0 Å². The normalized spacial score (nSPS) is 10.6. The lowest BCUT2D eigenvalue weighted by molar-refractivity contribution is 0.188. The number of hydrogen-bond acceptors (Lipinski definition) is 4. The van der Waals surface area contributed by atoms with Crippen molar-refractivity contribution in [3.8, 4) is 5.75 Å².